The van der Waals surface area contributed by atoms with Crippen molar-refractivity contribution in [3.8, 4) is 5.75 Å². The van der Waals surface area contributed by atoms with Crippen LogP contribution in [0.4, 0.5) is 5.69 Å². The Hall–Kier alpha value is -1.96. The van der Waals surface area contributed by atoms with Crippen LogP contribution in [0.25, 0.3) is 0 Å². The van der Waals surface area contributed by atoms with Gasteiger partial charge in [-0.15, -0.1) is 0 Å². The third kappa shape index (κ3) is 4.06. The molecule has 140 valence electrons. The molecule has 6 nitrogen and oxygen atoms in total. The lowest BCUT2D eigenvalue weighted by atomic mass is 10.2. The van der Waals surface area contributed by atoms with Crippen LogP contribution in [0.2, 0.25) is 10.0 Å². The number of halogens is 2. The molecule has 0 fully saturated rings. The van der Waals surface area contributed by atoms with E-state index in [1.165, 1.54) is 31.2 Å². The van der Waals surface area contributed by atoms with Crippen LogP contribution in [0.3, 0.4) is 0 Å². The first-order valence-electron chi connectivity index (χ1n) is 7.64. The highest BCUT2D eigenvalue weighted by Crippen LogP contribution is 2.35. The number of rotatable bonds is 7. The molecule has 1 N–H and O–H groups in total. The summed E-state index contributed by atoms with van der Waals surface area (Å²) in [4.78, 5) is 11.4. The van der Waals surface area contributed by atoms with E-state index in [1.807, 2.05) is 0 Å². The molecule has 0 aliphatic rings. The van der Waals surface area contributed by atoms with Crippen molar-refractivity contribution >= 4 is 44.9 Å². The Labute approximate surface area is 162 Å². The van der Waals surface area contributed by atoms with Crippen molar-refractivity contribution in [1.29, 1.82) is 0 Å². The van der Waals surface area contributed by atoms with Gasteiger partial charge in [0.1, 0.15) is 11.8 Å². The fourth-order valence-corrected chi connectivity index (χ4v) is 4.33. The summed E-state index contributed by atoms with van der Waals surface area (Å²) < 4.78 is 32.7. The van der Waals surface area contributed by atoms with E-state index in [2.05, 4.69) is 0 Å². The molecule has 0 saturated carbocycles. The molecule has 0 heterocycles. The van der Waals surface area contributed by atoms with Crippen molar-refractivity contribution < 1.29 is 23.1 Å². The topological polar surface area (TPSA) is 83.9 Å². The average molecular weight is 418 g/mol. The number of hydrogen-bond acceptors (Lipinski definition) is 4. The van der Waals surface area contributed by atoms with Crippen LogP contribution >= 0.6 is 23.2 Å². The van der Waals surface area contributed by atoms with Gasteiger partial charge in [-0.25, -0.2) is 17.5 Å². The first-order chi connectivity index (χ1) is 12.2. The van der Waals surface area contributed by atoms with Gasteiger partial charge < -0.3 is 9.84 Å². The van der Waals surface area contributed by atoms with E-state index in [0.29, 0.717) is 6.61 Å². The molecule has 26 heavy (non-hydrogen) atoms. The summed E-state index contributed by atoms with van der Waals surface area (Å²) in [7, 11) is -4.25. The molecule has 0 aromatic heterocycles. The van der Waals surface area contributed by atoms with Gasteiger partial charge in [-0.3, -0.25) is 0 Å². The van der Waals surface area contributed by atoms with E-state index in [1.54, 1.807) is 25.1 Å². The highest BCUT2D eigenvalue weighted by Gasteiger charge is 2.35. The minimum Gasteiger partial charge on any atom is -0.492 e. The Balaban J connectivity index is 2.69. The zero-order valence-corrected chi connectivity index (χ0v) is 16.3. The zero-order valence-electron chi connectivity index (χ0n) is 14.0. The van der Waals surface area contributed by atoms with Gasteiger partial charge in [0.05, 0.1) is 27.2 Å². The molecule has 1 atom stereocenters. The van der Waals surface area contributed by atoms with Crippen molar-refractivity contribution in [2.75, 3.05) is 10.9 Å². The first-order valence-corrected chi connectivity index (χ1v) is 9.83. The van der Waals surface area contributed by atoms with Crippen molar-refractivity contribution in [3.63, 3.8) is 0 Å². The highest BCUT2D eigenvalue weighted by molar-refractivity contribution is 7.93. The number of aliphatic carboxylic acids is 1. The van der Waals surface area contributed by atoms with Gasteiger partial charge in [0.2, 0.25) is 0 Å². The van der Waals surface area contributed by atoms with Crippen LogP contribution in [0.1, 0.15) is 13.8 Å². The molecule has 2 rings (SSSR count). The number of carboxylic acid groups (broad SMARTS) is 1. The van der Waals surface area contributed by atoms with Crippen molar-refractivity contribution in [3.05, 3.63) is 52.5 Å². The summed E-state index contributed by atoms with van der Waals surface area (Å²) in [6.07, 6.45) is 0. The number of nitrogens with zero attached hydrogens (tertiary/aromatic N) is 1. The minimum atomic E-state index is -4.25. The predicted octanol–water partition coefficient (Wildman–Crippen LogP) is 4.06. The molecule has 0 aliphatic heterocycles. The number of carboxylic acids is 1. The largest absolute Gasteiger partial charge is 0.492 e. The lowest BCUT2D eigenvalue weighted by Gasteiger charge is -2.29. The third-order valence-corrected chi connectivity index (χ3v) is 6.18. The molecule has 1 unspecified atom stereocenters. The number of carbonyl (C=O) groups is 1. The maximum Gasteiger partial charge on any atom is 0.327 e. The Morgan fingerprint density at radius 1 is 1.19 bits per heavy atom. The lowest BCUT2D eigenvalue weighted by Crippen LogP contribution is -2.43. The van der Waals surface area contributed by atoms with Crippen molar-refractivity contribution in [2.45, 2.75) is 24.8 Å². The van der Waals surface area contributed by atoms with E-state index in [-0.39, 0.29) is 26.4 Å². The number of para-hydroxylation sites is 2. The molecule has 0 aliphatic carbocycles. The summed E-state index contributed by atoms with van der Waals surface area (Å²) in [5.41, 5.74) is 0.121. The van der Waals surface area contributed by atoms with E-state index in [9.17, 15) is 18.3 Å². The fourth-order valence-electron chi connectivity index (χ4n) is 2.31. The van der Waals surface area contributed by atoms with Gasteiger partial charge in [0.15, 0.2) is 0 Å². The molecule has 9 heteroatoms. The van der Waals surface area contributed by atoms with Crippen LogP contribution in [0.5, 0.6) is 5.75 Å². The number of anilines is 1. The van der Waals surface area contributed by atoms with Crippen molar-refractivity contribution in [2.24, 2.45) is 0 Å². The monoisotopic (exact) mass is 417 g/mol. The number of sulfonamides is 1. The lowest BCUT2D eigenvalue weighted by molar-refractivity contribution is -0.137. The minimum absolute atomic E-state index is 0.0498. The smallest absolute Gasteiger partial charge is 0.327 e. The van der Waals surface area contributed by atoms with Gasteiger partial charge in [-0.1, -0.05) is 35.3 Å². The van der Waals surface area contributed by atoms with Crippen LogP contribution in [0, 0.1) is 0 Å². The summed E-state index contributed by atoms with van der Waals surface area (Å²) in [5.74, 6) is -1.05. The van der Waals surface area contributed by atoms with E-state index >= 15 is 0 Å². The number of hydrogen-bond donors (Lipinski definition) is 1. The number of benzene rings is 2. The van der Waals surface area contributed by atoms with Crippen LogP contribution in [-0.2, 0) is 14.8 Å². The molecule has 2 aromatic carbocycles. The standard InChI is InChI=1S/C17H17Cl2NO5S/c1-3-25-16-7-5-4-6-15(16)20(11(2)17(21)22)26(23,24)12-8-9-13(18)14(19)10-12/h4-11H,3H2,1-2H3,(H,21,22). The Morgan fingerprint density at radius 3 is 2.42 bits per heavy atom. The molecule has 0 bridgehead atoms. The molecule has 0 spiro atoms. The molecule has 0 radical (unpaired) electrons. The van der Waals surface area contributed by atoms with Gasteiger partial charge in [0.25, 0.3) is 10.0 Å². The van der Waals surface area contributed by atoms with Crippen LogP contribution in [-0.4, -0.2) is 32.1 Å². The van der Waals surface area contributed by atoms with Crippen molar-refractivity contribution in [1.82, 2.24) is 0 Å². The predicted molar refractivity (Wildman–Crippen MR) is 101 cm³/mol. The summed E-state index contributed by atoms with van der Waals surface area (Å²) in [6, 6.07) is 8.75. The molecule has 2 aromatic rings. The Bertz CT molecular complexity index is 917. The normalized spacial score (nSPS) is 12.5. The van der Waals surface area contributed by atoms with Gasteiger partial charge in [-0.2, -0.15) is 0 Å². The molecule has 0 amide bonds. The quantitative estimate of drug-likeness (QED) is 0.733. The fraction of sp³-hybridized carbons (Fsp3) is 0.235. The summed E-state index contributed by atoms with van der Waals surface area (Å²) >= 11 is 11.8. The third-order valence-electron chi connectivity index (χ3n) is 3.56. The van der Waals surface area contributed by atoms with E-state index in [0.717, 1.165) is 4.31 Å². The SMILES string of the molecule is CCOc1ccccc1N(C(C)C(=O)O)S(=O)(=O)c1ccc(Cl)c(Cl)c1. The molecular formula is C17H17Cl2NO5S. The summed E-state index contributed by atoms with van der Waals surface area (Å²) in [5, 5.41) is 9.69. The second kappa shape index (κ2) is 8.16. The second-order valence-corrected chi connectivity index (χ2v) is 7.92. The van der Waals surface area contributed by atoms with Gasteiger partial charge in [-0.05, 0) is 44.2 Å². The molecular weight excluding hydrogens is 401 g/mol. The first kappa shape index (κ1) is 20.4. The molecule has 0 saturated heterocycles. The Kier molecular flexibility index (Phi) is 6.39. The summed E-state index contributed by atoms with van der Waals surface area (Å²) in [6.45, 7) is 3.31. The Morgan fingerprint density at radius 2 is 1.85 bits per heavy atom. The highest BCUT2D eigenvalue weighted by atomic mass is 35.5. The van der Waals surface area contributed by atoms with Gasteiger partial charge in [0, 0.05) is 0 Å². The van der Waals surface area contributed by atoms with Crippen LogP contribution in [0.15, 0.2) is 47.4 Å². The second-order valence-electron chi connectivity index (χ2n) is 5.29. The maximum atomic E-state index is 13.2. The van der Waals surface area contributed by atoms with Gasteiger partial charge >= 0.3 is 5.97 Å². The number of ether oxygens (including phenoxy) is 1. The maximum absolute atomic E-state index is 13.2. The average Bonchev–Trinajstić information content (AvgIpc) is 2.58. The van der Waals surface area contributed by atoms with Crippen LogP contribution < -0.4 is 9.04 Å². The van der Waals surface area contributed by atoms with E-state index in [4.69, 9.17) is 27.9 Å². The zero-order chi connectivity index (χ0) is 19.5. The van der Waals surface area contributed by atoms with E-state index < -0.39 is 22.0 Å².